The van der Waals surface area contributed by atoms with E-state index in [1.807, 2.05) is 6.92 Å². The summed E-state index contributed by atoms with van der Waals surface area (Å²) in [7, 11) is 2.07. The van der Waals surface area contributed by atoms with E-state index >= 15 is 0 Å². The lowest BCUT2D eigenvalue weighted by Gasteiger charge is -2.40. The van der Waals surface area contributed by atoms with Gasteiger partial charge >= 0.3 is 0 Å². The van der Waals surface area contributed by atoms with Crippen molar-refractivity contribution in [3.8, 4) is 0 Å². The van der Waals surface area contributed by atoms with Gasteiger partial charge in [-0.1, -0.05) is 19.3 Å². The zero-order chi connectivity index (χ0) is 12.4. The molecule has 0 aromatic heterocycles. The molecule has 1 saturated carbocycles. The van der Waals surface area contributed by atoms with Crippen LogP contribution in [0.5, 0.6) is 0 Å². The van der Waals surface area contributed by atoms with E-state index in [1.165, 1.54) is 38.6 Å². The highest BCUT2D eigenvalue weighted by Gasteiger charge is 2.38. The van der Waals surface area contributed by atoms with Gasteiger partial charge in [0.25, 0.3) is 0 Å². The Labute approximate surface area is 106 Å². The van der Waals surface area contributed by atoms with Crippen LogP contribution in [0.25, 0.3) is 0 Å². The van der Waals surface area contributed by atoms with Gasteiger partial charge in [0.2, 0.25) is 0 Å². The number of nitrogens with zero attached hydrogens (tertiary/aromatic N) is 1. The lowest BCUT2D eigenvalue weighted by molar-refractivity contribution is 0.0544. The van der Waals surface area contributed by atoms with E-state index in [0.717, 1.165) is 26.1 Å². The summed E-state index contributed by atoms with van der Waals surface area (Å²) in [6, 6.07) is 0. The molecule has 0 spiro atoms. The first kappa shape index (κ1) is 13.3. The third kappa shape index (κ3) is 3.43. The third-order valence-corrected chi connectivity index (χ3v) is 4.56. The maximum absolute atomic E-state index is 10.1. The van der Waals surface area contributed by atoms with E-state index in [0.29, 0.717) is 5.41 Å². The molecule has 1 aliphatic carbocycles. The first-order valence-electron chi connectivity index (χ1n) is 7.15. The van der Waals surface area contributed by atoms with Crippen molar-refractivity contribution in [1.82, 2.24) is 10.2 Å². The molecule has 0 bridgehead atoms. The van der Waals surface area contributed by atoms with Gasteiger partial charge in [0, 0.05) is 26.2 Å². The number of β-amino-alcohol motifs (C(OH)–C–C–N with tert-alkyl or cyclic N) is 1. The van der Waals surface area contributed by atoms with Crippen molar-refractivity contribution in [3.05, 3.63) is 0 Å². The molecular weight excluding hydrogens is 212 g/mol. The number of likely N-dealkylation sites (tertiary alicyclic amines) is 1. The van der Waals surface area contributed by atoms with Crippen molar-refractivity contribution < 1.29 is 5.11 Å². The van der Waals surface area contributed by atoms with E-state index in [4.69, 9.17) is 0 Å². The Balaban J connectivity index is 1.93. The molecule has 2 fully saturated rings. The Morgan fingerprint density at radius 3 is 2.41 bits per heavy atom. The minimum atomic E-state index is -0.449. The van der Waals surface area contributed by atoms with Crippen LogP contribution >= 0.6 is 0 Å². The highest BCUT2D eigenvalue weighted by molar-refractivity contribution is 4.92. The average Bonchev–Trinajstić information content (AvgIpc) is 2.59. The van der Waals surface area contributed by atoms with Crippen molar-refractivity contribution >= 4 is 0 Å². The summed E-state index contributed by atoms with van der Waals surface area (Å²) in [5, 5.41) is 13.4. The molecule has 0 radical (unpaired) electrons. The quantitative estimate of drug-likeness (QED) is 0.784. The van der Waals surface area contributed by atoms with Gasteiger partial charge in [0.15, 0.2) is 0 Å². The molecule has 0 aromatic carbocycles. The van der Waals surface area contributed by atoms with Crippen LogP contribution in [0.15, 0.2) is 0 Å². The maximum atomic E-state index is 10.1. The van der Waals surface area contributed by atoms with Crippen LogP contribution in [0.2, 0.25) is 0 Å². The fraction of sp³-hybridized carbons (Fsp3) is 1.00. The average molecular weight is 240 g/mol. The highest BCUT2D eigenvalue weighted by atomic mass is 16.3. The second-order valence-corrected chi connectivity index (χ2v) is 6.55. The van der Waals surface area contributed by atoms with Crippen LogP contribution in [0, 0.1) is 5.41 Å². The van der Waals surface area contributed by atoms with E-state index in [2.05, 4.69) is 17.3 Å². The van der Waals surface area contributed by atoms with Gasteiger partial charge in [-0.2, -0.15) is 0 Å². The number of aliphatic hydroxyl groups is 1. The van der Waals surface area contributed by atoms with Crippen molar-refractivity contribution in [3.63, 3.8) is 0 Å². The summed E-state index contributed by atoms with van der Waals surface area (Å²) in [5.41, 5.74) is 0.0168. The molecule has 2 aliphatic rings. The van der Waals surface area contributed by atoms with Gasteiger partial charge in [-0.05, 0) is 38.6 Å². The number of nitrogens with one attached hydrogen (secondary N) is 1. The zero-order valence-corrected chi connectivity index (χ0v) is 11.5. The molecule has 2 N–H and O–H groups in total. The van der Waals surface area contributed by atoms with Crippen LogP contribution in [-0.2, 0) is 0 Å². The Morgan fingerprint density at radius 2 is 1.88 bits per heavy atom. The minimum absolute atomic E-state index is 0.449. The highest BCUT2D eigenvalue weighted by Crippen LogP contribution is 2.37. The van der Waals surface area contributed by atoms with Crippen LogP contribution in [0.4, 0.5) is 0 Å². The Morgan fingerprint density at radius 1 is 1.18 bits per heavy atom. The van der Waals surface area contributed by atoms with Gasteiger partial charge in [0.05, 0.1) is 5.60 Å². The second kappa shape index (κ2) is 5.25. The van der Waals surface area contributed by atoms with Gasteiger partial charge in [0.1, 0.15) is 0 Å². The Kier molecular flexibility index (Phi) is 4.11. The molecule has 2 rings (SSSR count). The summed E-state index contributed by atoms with van der Waals surface area (Å²) < 4.78 is 0. The number of hydrogen-bond donors (Lipinski definition) is 2. The van der Waals surface area contributed by atoms with E-state index in [1.54, 1.807) is 0 Å². The van der Waals surface area contributed by atoms with Gasteiger partial charge in [-0.15, -0.1) is 0 Å². The van der Waals surface area contributed by atoms with Gasteiger partial charge in [-0.25, -0.2) is 0 Å². The summed E-state index contributed by atoms with van der Waals surface area (Å²) >= 11 is 0. The molecule has 0 aromatic rings. The molecule has 1 aliphatic heterocycles. The summed E-state index contributed by atoms with van der Waals surface area (Å²) in [6.45, 7) is 6.20. The molecule has 0 amide bonds. The lowest BCUT2D eigenvalue weighted by atomic mass is 9.73. The van der Waals surface area contributed by atoms with Gasteiger partial charge < -0.3 is 10.4 Å². The number of hydrogen-bond acceptors (Lipinski definition) is 3. The summed E-state index contributed by atoms with van der Waals surface area (Å²) in [4.78, 5) is 2.47. The topological polar surface area (TPSA) is 35.5 Å². The molecule has 1 atom stereocenters. The molecule has 100 valence electrons. The van der Waals surface area contributed by atoms with Crippen LogP contribution < -0.4 is 5.32 Å². The predicted molar refractivity (Wildman–Crippen MR) is 71.1 cm³/mol. The van der Waals surface area contributed by atoms with Crippen molar-refractivity contribution in [1.29, 1.82) is 0 Å². The zero-order valence-electron chi connectivity index (χ0n) is 11.5. The van der Waals surface area contributed by atoms with E-state index in [9.17, 15) is 5.11 Å². The fourth-order valence-corrected chi connectivity index (χ4v) is 3.72. The fourth-order valence-electron chi connectivity index (χ4n) is 3.72. The second-order valence-electron chi connectivity index (χ2n) is 6.55. The largest absolute Gasteiger partial charge is 0.389 e. The first-order chi connectivity index (χ1) is 8.05. The monoisotopic (exact) mass is 240 g/mol. The van der Waals surface area contributed by atoms with Crippen molar-refractivity contribution in [2.24, 2.45) is 5.41 Å². The van der Waals surface area contributed by atoms with Crippen LogP contribution in [-0.4, -0.2) is 48.8 Å². The smallest absolute Gasteiger partial charge is 0.0758 e. The van der Waals surface area contributed by atoms with Gasteiger partial charge in [-0.3, -0.25) is 4.90 Å². The maximum Gasteiger partial charge on any atom is 0.0758 e. The molecule has 3 nitrogen and oxygen atoms in total. The molecule has 1 saturated heterocycles. The molecule has 17 heavy (non-hydrogen) atoms. The summed E-state index contributed by atoms with van der Waals surface area (Å²) in [6.07, 6.45) is 7.81. The lowest BCUT2D eigenvalue weighted by Crippen LogP contribution is -2.45. The van der Waals surface area contributed by atoms with E-state index < -0.39 is 5.60 Å². The van der Waals surface area contributed by atoms with Crippen LogP contribution in [0.3, 0.4) is 0 Å². The van der Waals surface area contributed by atoms with Crippen molar-refractivity contribution in [2.45, 2.75) is 51.0 Å². The number of rotatable bonds is 4. The molecule has 1 unspecified atom stereocenters. The minimum Gasteiger partial charge on any atom is -0.389 e. The molecule has 1 heterocycles. The normalized spacial score (nSPS) is 34.1. The summed E-state index contributed by atoms with van der Waals surface area (Å²) in [5.74, 6) is 0. The first-order valence-corrected chi connectivity index (χ1v) is 7.15. The van der Waals surface area contributed by atoms with Crippen LogP contribution in [0.1, 0.15) is 45.4 Å². The van der Waals surface area contributed by atoms with Crippen molar-refractivity contribution in [2.75, 3.05) is 33.2 Å². The Hall–Kier alpha value is -0.120. The SMILES string of the molecule is CNCC1(CN2CCC(C)(O)C2)CCCCC1. The predicted octanol–water partition coefficient (Wildman–Crippen LogP) is 1.61. The van der Waals surface area contributed by atoms with E-state index in [-0.39, 0.29) is 0 Å². The third-order valence-electron chi connectivity index (χ3n) is 4.56. The standard InChI is InChI=1S/C14H28N2O/c1-13(17)8-9-16(11-13)12-14(10-15-2)6-4-3-5-7-14/h15,17H,3-12H2,1-2H3. The molecule has 3 heteroatoms. The molecular formula is C14H28N2O. The Bertz CT molecular complexity index is 241.